The van der Waals surface area contributed by atoms with Gasteiger partial charge in [0.1, 0.15) is 5.75 Å². The third kappa shape index (κ3) is 7.01. The molecule has 1 aromatic rings. The van der Waals surface area contributed by atoms with Crippen LogP contribution >= 0.6 is 12.4 Å². The van der Waals surface area contributed by atoms with Crippen LogP contribution in [-0.4, -0.2) is 72.7 Å². The molecule has 0 unspecified atom stereocenters. The number of hydrogen-bond acceptors (Lipinski definition) is 5. The zero-order valence-electron chi connectivity index (χ0n) is 16.2. The summed E-state index contributed by atoms with van der Waals surface area (Å²) in [5.41, 5.74) is 1.74. The minimum atomic E-state index is -0.791. The molecule has 0 spiro atoms. The smallest absolute Gasteiger partial charge is 0.317 e. The number of carboxylic acids is 1. The summed E-state index contributed by atoms with van der Waals surface area (Å²) in [5, 5.41) is 11.9. The fourth-order valence-electron chi connectivity index (χ4n) is 3.43. The topological polar surface area (TPSA) is 82.1 Å². The maximum absolute atomic E-state index is 12.4. The molecule has 1 amide bonds. The Morgan fingerprint density at radius 1 is 1.33 bits per heavy atom. The van der Waals surface area contributed by atoms with Crippen molar-refractivity contribution in [3.8, 4) is 5.75 Å². The van der Waals surface area contributed by atoms with E-state index in [4.69, 9.17) is 9.84 Å². The van der Waals surface area contributed by atoms with Crippen LogP contribution in [0.2, 0.25) is 0 Å². The Morgan fingerprint density at radius 3 is 2.56 bits per heavy atom. The van der Waals surface area contributed by atoms with Gasteiger partial charge in [0.05, 0.1) is 25.9 Å². The van der Waals surface area contributed by atoms with E-state index in [9.17, 15) is 9.59 Å². The largest absolute Gasteiger partial charge is 0.495 e. The molecular weight excluding hydrogens is 370 g/mol. The van der Waals surface area contributed by atoms with Crippen molar-refractivity contribution in [3.63, 3.8) is 0 Å². The van der Waals surface area contributed by atoms with E-state index in [1.165, 1.54) is 0 Å². The summed E-state index contributed by atoms with van der Waals surface area (Å²) >= 11 is 0. The number of ether oxygens (including phenoxy) is 1. The molecular formula is C19H30ClN3O4. The number of nitrogens with zero attached hydrogens (tertiary/aromatic N) is 2. The van der Waals surface area contributed by atoms with Crippen molar-refractivity contribution in [2.24, 2.45) is 0 Å². The van der Waals surface area contributed by atoms with Crippen molar-refractivity contribution < 1.29 is 19.4 Å². The number of aryl methyl sites for hydroxylation is 1. The zero-order chi connectivity index (χ0) is 19.1. The second-order valence-electron chi connectivity index (χ2n) is 6.72. The van der Waals surface area contributed by atoms with Crippen LogP contribution in [0.1, 0.15) is 25.3 Å². The number of carboxylic acid groups (broad SMARTS) is 1. The number of aliphatic carboxylic acids is 1. The number of nitrogens with one attached hydrogen (secondary N) is 1. The fraction of sp³-hybridized carbons (Fsp3) is 0.579. The van der Waals surface area contributed by atoms with Crippen LogP contribution in [0.4, 0.5) is 5.69 Å². The molecule has 2 N–H and O–H groups in total. The second-order valence-corrected chi connectivity index (χ2v) is 6.72. The van der Waals surface area contributed by atoms with E-state index in [-0.39, 0.29) is 30.9 Å². The van der Waals surface area contributed by atoms with Crippen molar-refractivity contribution in [1.82, 2.24) is 9.80 Å². The van der Waals surface area contributed by atoms with E-state index in [2.05, 4.69) is 10.2 Å². The first kappa shape index (κ1) is 23.2. The monoisotopic (exact) mass is 399 g/mol. The summed E-state index contributed by atoms with van der Waals surface area (Å²) in [6.45, 7) is 6.67. The van der Waals surface area contributed by atoms with Crippen LogP contribution in [0.5, 0.6) is 5.75 Å². The highest BCUT2D eigenvalue weighted by atomic mass is 35.5. The first-order valence-electron chi connectivity index (χ1n) is 9.05. The summed E-state index contributed by atoms with van der Waals surface area (Å²) in [7, 11) is 1.59. The molecule has 2 rings (SSSR count). The highest BCUT2D eigenvalue weighted by Gasteiger charge is 2.26. The molecule has 1 aliphatic rings. The lowest BCUT2D eigenvalue weighted by atomic mass is 10.0. The first-order valence-corrected chi connectivity index (χ1v) is 9.05. The lowest BCUT2D eigenvalue weighted by molar-refractivity contribution is -0.139. The number of halogens is 1. The molecule has 7 nitrogen and oxygen atoms in total. The summed E-state index contributed by atoms with van der Waals surface area (Å²) < 4.78 is 5.29. The summed E-state index contributed by atoms with van der Waals surface area (Å²) in [6.07, 6.45) is 1.75. The van der Waals surface area contributed by atoms with E-state index in [0.29, 0.717) is 18.0 Å². The molecule has 1 heterocycles. The average Bonchev–Trinajstić information content (AvgIpc) is 2.60. The number of likely N-dealkylation sites (N-methyl/N-ethyl adjacent to an activating group) is 1. The second kappa shape index (κ2) is 11.1. The van der Waals surface area contributed by atoms with Crippen molar-refractivity contribution in [1.29, 1.82) is 0 Å². The number of hydrogen-bond donors (Lipinski definition) is 2. The van der Waals surface area contributed by atoms with Crippen LogP contribution in [0.3, 0.4) is 0 Å². The Morgan fingerprint density at radius 2 is 2.00 bits per heavy atom. The average molecular weight is 400 g/mol. The van der Waals surface area contributed by atoms with Crippen LogP contribution in [-0.2, 0) is 9.59 Å². The molecule has 0 saturated carbocycles. The number of carbonyl (C=O) groups is 2. The first-order chi connectivity index (χ1) is 12.4. The number of benzene rings is 1. The Kier molecular flexibility index (Phi) is 9.55. The van der Waals surface area contributed by atoms with E-state index in [1.807, 2.05) is 36.9 Å². The van der Waals surface area contributed by atoms with Crippen LogP contribution in [0.15, 0.2) is 18.2 Å². The van der Waals surface area contributed by atoms with Crippen molar-refractivity contribution in [2.45, 2.75) is 32.7 Å². The normalized spacial score (nSPS) is 15.3. The van der Waals surface area contributed by atoms with Gasteiger partial charge in [-0.2, -0.15) is 0 Å². The molecule has 0 radical (unpaired) electrons. The van der Waals surface area contributed by atoms with E-state index < -0.39 is 5.97 Å². The highest BCUT2D eigenvalue weighted by Crippen LogP contribution is 2.25. The molecule has 1 aromatic carbocycles. The number of amides is 1. The van der Waals surface area contributed by atoms with Gasteiger partial charge >= 0.3 is 5.97 Å². The molecule has 152 valence electrons. The van der Waals surface area contributed by atoms with Gasteiger partial charge in [-0.1, -0.05) is 13.0 Å². The molecule has 0 bridgehead atoms. The number of piperidine rings is 1. The van der Waals surface area contributed by atoms with Gasteiger partial charge in [-0.3, -0.25) is 19.4 Å². The molecule has 8 heteroatoms. The maximum Gasteiger partial charge on any atom is 0.317 e. The third-order valence-corrected chi connectivity index (χ3v) is 4.81. The van der Waals surface area contributed by atoms with Gasteiger partial charge in [0, 0.05) is 19.1 Å². The lowest BCUT2D eigenvalue weighted by Crippen LogP contribution is -2.48. The minimum absolute atomic E-state index is 0. The molecule has 1 saturated heterocycles. The summed E-state index contributed by atoms with van der Waals surface area (Å²) in [4.78, 5) is 27.4. The van der Waals surface area contributed by atoms with Gasteiger partial charge in [-0.05, 0) is 44.0 Å². The Hall–Kier alpha value is -1.83. The molecule has 1 fully saturated rings. The lowest BCUT2D eigenvalue weighted by Gasteiger charge is -2.37. The number of anilines is 1. The summed E-state index contributed by atoms with van der Waals surface area (Å²) in [6, 6.07) is 5.95. The van der Waals surface area contributed by atoms with E-state index in [1.54, 1.807) is 7.11 Å². The van der Waals surface area contributed by atoms with Crippen molar-refractivity contribution >= 4 is 30.0 Å². The van der Waals surface area contributed by atoms with Crippen LogP contribution in [0.25, 0.3) is 0 Å². The van der Waals surface area contributed by atoms with Gasteiger partial charge in [-0.15, -0.1) is 12.4 Å². The van der Waals surface area contributed by atoms with Gasteiger partial charge in [0.25, 0.3) is 0 Å². The maximum atomic E-state index is 12.4. The number of rotatable bonds is 8. The Balaban J connectivity index is 0.00000364. The Labute approximate surface area is 167 Å². The van der Waals surface area contributed by atoms with Gasteiger partial charge in [-0.25, -0.2) is 0 Å². The highest BCUT2D eigenvalue weighted by molar-refractivity contribution is 5.93. The van der Waals surface area contributed by atoms with Gasteiger partial charge < -0.3 is 15.2 Å². The molecule has 1 aliphatic heterocycles. The number of carbonyl (C=O) groups excluding carboxylic acids is 1. The standard InChI is InChI=1S/C19H29N3O4.ClH/c1-4-22(13-19(24)25)15-7-9-21(10-8-15)12-18(23)20-16-11-14(2)5-6-17(16)26-3;/h5-6,11,15H,4,7-10,12-13H2,1-3H3,(H,20,23)(H,24,25);1H. The fourth-order valence-corrected chi connectivity index (χ4v) is 3.43. The molecule has 0 atom stereocenters. The van der Waals surface area contributed by atoms with Crippen molar-refractivity contribution in [3.05, 3.63) is 23.8 Å². The predicted molar refractivity (Wildman–Crippen MR) is 108 cm³/mol. The van der Waals surface area contributed by atoms with E-state index >= 15 is 0 Å². The quantitative estimate of drug-likeness (QED) is 0.697. The molecule has 0 aromatic heterocycles. The predicted octanol–water partition coefficient (Wildman–Crippen LogP) is 2.23. The summed E-state index contributed by atoms with van der Waals surface area (Å²) in [5.74, 6) is -0.207. The molecule has 27 heavy (non-hydrogen) atoms. The van der Waals surface area contributed by atoms with Crippen LogP contribution < -0.4 is 10.1 Å². The third-order valence-electron chi connectivity index (χ3n) is 4.81. The SMILES string of the molecule is CCN(CC(=O)O)C1CCN(CC(=O)Nc2cc(C)ccc2OC)CC1.Cl. The Bertz CT molecular complexity index is 633. The van der Waals surface area contributed by atoms with Gasteiger partial charge in [0.15, 0.2) is 0 Å². The minimum Gasteiger partial charge on any atom is -0.495 e. The number of methoxy groups -OCH3 is 1. The van der Waals surface area contributed by atoms with Gasteiger partial charge in [0.2, 0.25) is 5.91 Å². The zero-order valence-corrected chi connectivity index (χ0v) is 17.1. The number of likely N-dealkylation sites (tertiary alicyclic amines) is 1. The van der Waals surface area contributed by atoms with E-state index in [0.717, 1.165) is 38.0 Å². The molecule has 0 aliphatic carbocycles. The van der Waals surface area contributed by atoms with Crippen molar-refractivity contribution in [2.75, 3.05) is 45.2 Å². The van der Waals surface area contributed by atoms with Crippen LogP contribution in [0, 0.1) is 6.92 Å².